The average molecular weight is 143 g/mol. The minimum Gasteiger partial charge on any atom is -0.376 e. The van der Waals surface area contributed by atoms with Crippen LogP contribution in [0.2, 0.25) is 0 Å². The number of nitrogens with zero attached hydrogens (tertiary/aromatic N) is 2. The number of hydrogen-bond donors (Lipinski definition) is 3. The van der Waals surface area contributed by atoms with Gasteiger partial charge in [-0.25, -0.2) is 5.10 Å². The lowest BCUT2D eigenvalue weighted by Gasteiger charge is -1.93. The summed E-state index contributed by atoms with van der Waals surface area (Å²) in [6.07, 6.45) is 1.36. The molecule has 4 N–H and O–H groups in total. The van der Waals surface area contributed by atoms with E-state index in [-0.39, 0.29) is 5.11 Å². The maximum absolute atomic E-state index is 5.12. The molecule has 0 saturated heterocycles. The summed E-state index contributed by atoms with van der Waals surface area (Å²) in [5.74, 6) is 0.461. The molecule has 0 aliphatic carbocycles. The van der Waals surface area contributed by atoms with Crippen molar-refractivity contribution in [3.8, 4) is 0 Å². The molecule has 1 rings (SSSR count). The number of nitrogens with two attached hydrogens (primary N) is 1. The van der Waals surface area contributed by atoms with Gasteiger partial charge in [-0.05, 0) is 12.2 Å². The van der Waals surface area contributed by atoms with Crippen LogP contribution in [0.1, 0.15) is 0 Å². The average Bonchev–Trinajstić information content (AvgIpc) is 2.15. The third-order valence-corrected chi connectivity index (χ3v) is 0.759. The van der Waals surface area contributed by atoms with Crippen molar-refractivity contribution in [2.45, 2.75) is 0 Å². The molecule has 0 aliphatic rings. The van der Waals surface area contributed by atoms with Crippen LogP contribution < -0.4 is 11.1 Å². The quantitative estimate of drug-likeness (QED) is 0.460. The molecular formula is C3H5N5S. The summed E-state index contributed by atoms with van der Waals surface area (Å²) in [6, 6.07) is 0. The first-order chi connectivity index (χ1) is 4.29. The Balaban J connectivity index is 2.58. The largest absolute Gasteiger partial charge is 0.376 e. The lowest BCUT2D eigenvalue weighted by atomic mass is 10.9. The summed E-state index contributed by atoms with van der Waals surface area (Å²) < 4.78 is 0. The van der Waals surface area contributed by atoms with Crippen LogP contribution in [0.25, 0.3) is 0 Å². The zero-order chi connectivity index (χ0) is 6.69. The summed E-state index contributed by atoms with van der Waals surface area (Å²) in [5.41, 5.74) is 5.12. The van der Waals surface area contributed by atoms with Crippen molar-refractivity contribution >= 4 is 23.3 Å². The summed E-state index contributed by atoms with van der Waals surface area (Å²) in [7, 11) is 0. The van der Waals surface area contributed by atoms with Gasteiger partial charge in [0.15, 0.2) is 5.11 Å². The zero-order valence-electron chi connectivity index (χ0n) is 4.46. The Morgan fingerprint density at radius 1 is 1.89 bits per heavy atom. The van der Waals surface area contributed by atoms with Gasteiger partial charge in [0.1, 0.15) is 6.33 Å². The van der Waals surface area contributed by atoms with E-state index in [1.807, 2.05) is 0 Å². The number of hydrogen-bond acceptors (Lipinski definition) is 3. The third kappa shape index (κ3) is 1.65. The van der Waals surface area contributed by atoms with E-state index in [2.05, 4.69) is 32.7 Å². The molecule has 1 aromatic heterocycles. The van der Waals surface area contributed by atoms with E-state index in [9.17, 15) is 0 Å². The lowest BCUT2D eigenvalue weighted by Crippen LogP contribution is -2.19. The Kier molecular flexibility index (Phi) is 1.59. The fourth-order valence-electron chi connectivity index (χ4n) is 0.382. The molecule has 48 valence electrons. The van der Waals surface area contributed by atoms with E-state index in [1.165, 1.54) is 6.33 Å². The standard InChI is InChI=1S/C3H5N5S/c4-2(9)7-3-5-1-6-8-3/h1H,(H4,4,5,6,7,8,9). The van der Waals surface area contributed by atoms with Gasteiger partial charge < -0.3 is 11.1 Å². The van der Waals surface area contributed by atoms with Gasteiger partial charge in [-0.2, -0.15) is 10.1 Å². The molecule has 0 radical (unpaired) electrons. The Hall–Kier alpha value is -1.17. The lowest BCUT2D eigenvalue weighted by molar-refractivity contribution is 1.10. The summed E-state index contributed by atoms with van der Waals surface area (Å²) in [4.78, 5) is 3.71. The molecule has 1 aromatic rings. The van der Waals surface area contributed by atoms with Gasteiger partial charge in [-0.15, -0.1) is 0 Å². The van der Waals surface area contributed by atoms with E-state index in [0.29, 0.717) is 5.95 Å². The molecule has 9 heavy (non-hydrogen) atoms. The second-order valence-corrected chi connectivity index (χ2v) is 1.76. The molecule has 0 fully saturated rings. The number of H-pyrrole nitrogens is 1. The minimum atomic E-state index is 0.173. The normalized spacial score (nSPS) is 8.89. The van der Waals surface area contributed by atoms with E-state index >= 15 is 0 Å². The van der Waals surface area contributed by atoms with Crippen LogP contribution in [0.4, 0.5) is 5.95 Å². The molecule has 0 aromatic carbocycles. The molecule has 0 bridgehead atoms. The predicted molar refractivity (Wildman–Crippen MR) is 36.8 cm³/mol. The molecule has 0 saturated carbocycles. The Bertz CT molecular complexity index is 192. The van der Waals surface area contributed by atoms with Gasteiger partial charge in [0.05, 0.1) is 0 Å². The van der Waals surface area contributed by atoms with Crippen molar-refractivity contribution < 1.29 is 0 Å². The van der Waals surface area contributed by atoms with Crippen LogP contribution in [-0.2, 0) is 0 Å². The highest BCUT2D eigenvalue weighted by Gasteiger charge is 1.91. The Morgan fingerprint density at radius 3 is 3.11 bits per heavy atom. The van der Waals surface area contributed by atoms with E-state index in [1.54, 1.807) is 0 Å². The number of rotatable bonds is 1. The molecule has 1 heterocycles. The monoisotopic (exact) mass is 143 g/mol. The molecule has 5 nitrogen and oxygen atoms in total. The Labute approximate surface area is 56.7 Å². The van der Waals surface area contributed by atoms with Gasteiger partial charge in [-0.3, -0.25) is 0 Å². The van der Waals surface area contributed by atoms with E-state index in [0.717, 1.165) is 0 Å². The first-order valence-corrected chi connectivity index (χ1v) is 2.61. The van der Waals surface area contributed by atoms with Crippen LogP contribution >= 0.6 is 12.2 Å². The van der Waals surface area contributed by atoms with Gasteiger partial charge in [0, 0.05) is 0 Å². The number of thiocarbonyl (C=S) groups is 1. The van der Waals surface area contributed by atoms with Gasteiger partial charge in [0.25, 0.3) is 0 Å². The van der Waals surface area contributed by atoms with Crippen LogP contribution in [-0.4, -0.2) is 20.3 Å². The van der Waals surface area contributed by atoms with Crippen molar-refractivity contribution in [1.29, 1.82) is 0 Å². The van der Waals surface area contributed by atoms with Crippen LogP contribution in [0.3, 0.4) is 0 Å². The van der Waals surface area contributed by atoms with Crippen LogP contribution in [0.5, 0.6) is 0 Å². The molecule has 0 aliphatic heterocycles. The fourth-order valence-corrected chi connectivity index (χ4v) is 0.479. The van der Waals surface area contributed by atoms with Crippen LogP contribution in [0, 0.1) is 0 Å². The topological polar surface area (TPSA) is 79.6 Å². The van der Waals surface area contributed by atoms with Gasteiger partial charge >= 0.3 is 0 Å². The molecule has 0 unspecified atom stereocenters. The number of anilines is 1. The summed E-state index contributed by atoms with van der Waals surface area (Å²) in [5, 5.41) is 8.83. The maximum atomic E-state index is 5.12. The predicted octanol–water partition coefficient (Wildman–Crippen LogP) is -0.540. The van der Waals surface area contributed by atoms with Gasteiger partial charge in [0.2, 0.25) is 5.95 Å². The van der Waals surface area contributed by atoms with Crippen molar-refractivity contribution in [3.05, 3.63) is 6.33 Å². The first kappa shape index (κ1) is 5.96. The van der Waals surface area contributed by atoms with Crippen molar-refractivity contribution in [1.82, 2.24) is 15.2 Å². The summed E-state index contributed by atoms with van der Waals surface area (Å²) >= 11 is 4.52. The van der Waals surface area contributed by atoms with Crippen molar-refractivity contribution in [3.63, 3.8) is 0 Å². The fraction of sp³-hybridized carbons (Fsp3) is 0. The second-order valence-electron chi connectivity index (χ2n) is 1.32. The van der Waals surface area contributed by atoms with E-state index in [4.69, 9.17) is 5.73 Å². The number of nitrogens with one attached hydrogen (secondary N) is 2. The molecule has 0 amide bonds. The van der Waals surface area contributed by atoms with Crippen molar-refractivity contribution in [2.75, 3.05) is 5.32 Å². The zero-order valence-corrected chi connectivity index (χ0v) is 5.27. The highest BCUT2D eigenvalue weighted by molar-refractivity contribution is 7.80. The summed E-state index contributed by atoms with van der Waals surface area (Å²) in [6.45, 7) is 0. The molecule has 6 heteroatoms. The SMILES string of the molecule is NC(=S)Nc1ncn[nH]1. The molecule has 0 spiro atoms. The van der Waals surface area contributed by atoms with Crippen LogP contribution in [0.15, 0.2) is 6.33 Å². The molecular weight excluding hydrogens is 138 g/mol. The highest BCUT2D eigenvalue weighted by atomic mass is 32.1. The molecule has 0 atom stereocenters. The van der Waals surface area contributed by atoms with Gasteiger partial charge in [-0.1, -0.05) is 0 Å². The maximum Gasteiger partial charge on any atom is 0.224 e. The third-order valence-electron chi connectivity index (χ3n) is 0.657. The number of aromatic nitrogens is 3. The highest BCUT2D eigenvalue weighted by Crippen LogP contribution is 1.89. The van der Waals surface area contributed by atoms with E-state index < -0.39 is 0 Å². The smallest absolute Gasteiger partial charge is 0.224 e. The first-order valence-electron chi connectivity index (χ1n) is 2.21. The number of aromatic amines is 1. The second kappa shape index (κ2) is 2.40. The minimum absolute atomic E-state index is 0.173. The van der Waals surface area contributed by atoms with Crippen molar-refractivity contribution in [2.24, 2.45) is 5.73 Å². The Morgan fingerprint density at radius 2 is 2.67 bits per heavy atom.